The maximum Gasteiger partial charge on any atom is 0.432 e. The quantitative estimate of drug-likeness (QED) is 0.157. The number of fused-ring (bicyclic) bond motifs is 1. The molecular formula is C27H37F3N6O4S. The van der Waals surface area contributed by atoms with Crippen molar-refractivity contribution in [3.8, 4) is 10.6 Å². The molecule has 0 aliphatic heterocycles. The summed E-state index contributed by atoms with van der Waals surface area (Å²) in [5, 5.41) is 33.6. The molecule has 5 N–H and O–H groups in total. The number of nitrogens with zero attached hydrogens (tertiary/aromatic N) is 4. The maximum atomic E-state index is 13.6. The molecule has 2 atom stereocenters. The zero-order valence-corrected chi connectivity index (χ0v) is 24.1. The number of H-pyrrole nitrogens is 1. The van der Waals surface area contributed by atoms with Gasteiger partial charge in [0.1, 0.15) is 16.4 Å². The van der Waals surface area contributed by atoms with Crippen molar-refractivity contribution in [3.05, 3.63) is 34.6 Å². The lowest BCUT2D eigenvalue weighted by atomic mass is 9.92. The summed E-state index contributed by atoms with van der Waals surface area (Å²) in [6.45, 7) is 1.81. The molecule has 2 heterocycles. The van der Waals surface area contributed by atoms with Crippen LogP contribution in [0, 0.1) is 0 Å². The maximum absolute atomic E-state index is 13.6. The van der Waals surface area contributed by atoms with E-state index in [1.165, 1.54) is 11.3 Å². The number of aromatic nitrogens is 3. The number of aromatic amines is 1. The standard InChI is InChI=1S/C27H37F3N6O4S/c1-4-5-8-16(15-36(40)26(2,39)27(28,29)30)31-22-21(24-32-19-9-6-7-10-20(19)41-24)23(38)34-25(33-22)35(3)17-11-13-18(37)14-12-17/h6-7,9-10,16-18,37,39-40H,4-5,8,11-15H2,1-3H3,(H2,31,33,34,38)/t16?,17-,18-,26?. The van der Waals surface area contributed by atoms with Crippen LogP contribution in [0.25, 0.3) is 20.8 Å². The highest BCUT2D eigenvalue weighted by molar-refractivity contribution is 7.21. The fraction of sp³-hybridized carbons (Fsp3) is 0.593. The van der Waals surface area contributed by atoms with E-state index < -0.39 is 30.0 Å². The van der Waals surface area contributed by atoms with Crippen molar-refractivity contribution in [2.45, 2.75) is 88.9 Å². The summed E-state index contributed by atoms with van der Waals surface area (Å²) in [6.07, 6.45) is -1.14. The lowest BCUT2D eigenvalue weighted by Crippen LogP contribution is -2.57. The van der Waals surface area contributed by atoms with Crippen molar-refractivity contribution in [2.24, 2.45) is 0 Å². The van der Waals surface area contributed by atoms with Gasteiger partial charge < -0.3 is 25.6 Å². The van der Waals surface area contributed by atoms with Gasteiger partial charge in [-0.05, 0) is 51.2 Å². The van der Waals surface area contributed by atoms with Gasteiger partial charge >= 0.3 is 6.18 Å². The Morgan fingerprint density at radius 3 is 2.51 bits per heavy atom. The van der Waals surface area contributed by atoms with Crippen molar-refractivity contribution in [1.29, 1.82) is 0 Å². The van der Waals surface area contributed by atoms with Gasteiger partial charge in [0.2, 0.25) is 11.7 Å². The number of anilines is 2. The Morgan fingerprint density at radius 1 is 1.20 bits per heavy atom. The minimum Gasteiger partial charge on any atom is -0.393 e. The predicted octanol–water partition coefficient (Wildman–Crippen LogP) is 4.72. The van der Waals surface area contributed by atoms with Gasteiger partial charge in [-0.15, -0.1) is 11.3 Å². The zero-order valence-electron chi connectivity index (χ0n) is 23.3. The first-order valence-corrected chi connectivity index (χ1v) is 14.6. The van der Waals surface area contributed by atoms with Gasteiger partial charge in [-0.2, -0.15) is 23.2 Å². The Balaban J connectivity index is 1.75. The van der Waals surface area contributed by atoms with Crippen LogP contribution < -0.4 is 15.8 Å². The fourth-order valence-electron chi connectivity index (χ4n) is 4.91. The van der Waals surface area contributed by atoms with Crippen LogP contribution in [-0.2, 0) is 0 Å². The normalized spacial score (nSPS) is 20.2. The number of hydrogen-bond donors (Lipinski definition) is 5. The molecule has 2 unspecified atom stereocenters. The SMILES string of the molecule is CCCCC(CN(O)C(C)(O)C(F)(F)F)Nc1nc(N(C)[C@H]2CC[C@H](O)CC2)[nH]c(=O)c1-c1nc2ccccc2s1. The summed E-state index contributed by atoms with van der Waals surface area (Å²) in [5.41, 5.74) is -3.13. The number of hydroxylamine groups is 2. The summed E-state index contributed by atoms with van der Waals surface area (Å²) in [5.74, 6) is 0.382. The van der Waals surface area contributed by atoms with Crippen molar-refractivity contribution in [3.63, 3.8) is 0 Å². The highest BCUT2D eigenvalue weighted by Crippen LogP contribution is 2.35. The average molecular weight is 599 g/mol. The summed E-state index contributed by atoms with van der Waals surface area (Å²) >= 11 is 1.29. The van der Waals surface area contributed by atoms with Gasteiger partial charge in [-0.1, -0.05) is 31.9 Å². The molecule has 226 valence electrons. The number of aliphatic hydroxyl groups excluding tert-OH is 1. The smallest absolute Gasteiger partial charge is 0.393 e. The second-order valence-electron chi connectivity index (χ2n) is 10.8. The van der Waals surface area contributed by atoms with Crippen LogP contribution in [0.2, 0.25) is 0 Å². The van der Waals surface area contributed by atoms with E-state index in [2.05, 4.69) is 15.3 Å². The molecule has 1 aromatic carbocycles. The van der Waals surface area contributed by atoms with Gasteiger partial charge in [-0.3, -0.25) is 9.78 Å². The summed E-state index contributed by atoms with van der Waals surface area (Å²) < 4.78 is 41.2. The zero-order chi connectivity index (χ0) is 29.9. The number of aliphatic hydroxyl groups is 2. The number of halogens is 3. The number of nitrogens with one attached hydrogen (secondary N) is 2. The molecule has 4 rings (SSSR count). The van der Waals surface area contributed by atoms with E-state index in [0.29, 0.717) is 56.0 Å². The monoisotopic (exact) mass is 598 g/mol. The van der Waals surface area contributed by atoms with Crippen molar-refractivity contribution in [2.75, 3.05) is 23.8 Å². The highest BCUT2D eigenvalue weighted by atomic mass is 32.1. The second kappa shape index (κ2) is 12.6. The Kier molecular flexibility index (Phi) is 9.59. The van der Waals surface area contributed by atoms with Gasteiger partial charge in [0.15, 0.2) is 0 Å². The molecule has 0 amide bonds. The second-order valence-corrected chi connectivity index (χ2v) is 11.8. The molecule has 1 aliphatic rings. The van der Waals surface area contributed by atoms with E-state index in [9.17, 15) is 33.4 Å². The number of benzene rings is 1. The van der Waals surface area contributed by atoms with Crippen LogP contribution in [0.4, 0.5) is 24.9 Å². The third kappa shape index (κ3) is 7.00. The molecular weight excluding hydrogens is 561 g/mol. The first-order chi connectivity index (χ1) is 19.3. The Bertz CT molecular complexity index is 1340. The van der Waals surface area contributed by atoms with Crippen LogP contribution in [0.3, 0.4) is 0 Å². The molecule has 3 aromatic rings. The molecule has 1 fully saturated rings. The Morgan fingerprint density at radius 2 is 1.88 bits per heavy atom. The van der Waals surface area contributed by atoms with Crippen LogP contribution in [0.15, 0.2) is 29.1 Å². The number of alkyl halides is 3. The summed E-state index contributed by atoms with van der Waals surface area (Å²) in [4.78, 5) is 27.6. The molecule has 41 heavy (non-hydrogen) atoms. The largest absolute Gasteiger partial charge is 0.432 e. The topological polar surface area (TPSA) is 138 Å². The molecule has 14 heteroatoms. The van der Waals surface area contributed by atoms with E-state index >= 15 is 0 Å². The first kappa shape index (κ1) is 31.2. The number of rotatable bonds is 11. The molecule has 2 aromatic heterocycles. The highest BCUT2D eigenvalue weighted by Gasteiger charge is 2.54. The van der Waals surface area contributed by atoms with Gasteiger partial charge in [0, 0.05) is 25.7 Å². The summed E-state index contributed by atoms with van der Waals surface area (Å²) in [7, 11) is 1.80. The number of hydrogen-bond acceptors (Lipinski definition) is 10. The lowest BCUT2D eigenvalue weighted by Gasteiger charge is -2.36. The van der Waals surface area contributed by atoms with E-state index in [-0.39, 0.29) is 34.5 Å². The van der Waals surface area contributed by atoms with Gasteiger partial charge in [-0.25, -0.2) is 4.98 Å². The van der Waals surface area contributed by atoms with E-state index in [0.717, 1.165) is 11.1 Å². The molecule has 10 nitrogen and oxygen atoms in total. The van der Waals surface area contributed by atoms with Gasteiger partial charge in [0.05, 0.1) is 16.3 Å². The number of thiazole rings is 1. The van der Waals surface area contributed by atoms with E-state index in [1.54, 1.807) is 7.05 Å². The van der Waals surface area contributed by atoms with Crippen LogP contribution in [0.1, 0.15) is 58.8 Å². The number of para-hydroxylation sites is 1. The molecule has 1 aliphatic carbocycles. The Hall–Kier alpha value is -2.78. The Labute approximate surface area is 239 Å². The van der Waals surface area contributed by atoms with Crippen molar-refractivity contribution < 1.29 is 28.6 Å². The summed E-state index contributed by atoms with van der Waals surface area (Å²) in [6, 6.07) is 6.59. The van der Waals surface area contributed by atoms with E-state index in [1.807, 2.05) is 36.1 Å². The van der Waals surface area contributed by atoms with Crippen LogP contribution >= 0.6 is 11.3 Å². The lowest BCUT2D eigenvalue weighted by molar-refractivity contribution is -0.372. The van der Waals surface area contributed by atoms with Crippen molar-refractivity contribution in [1.82, 2.24) is 20.0 Å². The van der Waals surface area contributed by atoms with Gasteiger partial charge in [0.25, 0.3) is 5.56 Å². The third-order valence-electron chi connectivity index (χ3n) is 7.64. The fourth-order valence-corrected chi connectivity index (χ4v) is 5.92. The van der Waals surface area contributed by atoms with Crippen LogP contribution in [0.5, 0.6) is 0 Å². The van der Waals surface area contributed by atoms with Crippen LogP contribution in [-0.4, -0.2) is 79.1 Å². The minimum atomic E-state index is -5.10. The molecule has 0 saturated heterocycles. The molecule has 0 radical (unpaired) electrons. The molecule has 0 spiro atoms. The first-order valence-electron chi connectivity index (χ1n) is 13.7. The van der Waals surface area contributed by atoms with Crippen molar-refractivity contribution >= 4 is 33.3 Å². The minimum absolute atomic E-state index is 0.0217. The third-order valence-corrected chi connectivity index (χ3v) is 8.70. The predicted molar refractivity (Wildman–Crippen MR) is 152 cm³/mol. The average Bonchev–Trinajstić information content (AvgIpc) is 3.34. The number of unbranched alkanes of at least 4 members (excludes halogenated alkanes) is 1. The molecule has 1 saturated carbocycles. The molecule has 0 bridgehead atoms. The van der Waals surface area contributed by atoms with E-state index in [4.69, 9.17) is 4.98 Å².